The van der Waals surface area contributed by atoms with Crippen LogP contribution in [-0.2, 0) is 6.54 Å². The van der Waals surface area contributed by atoms with Gasteiger partial charge in [-0.15, -0.1) is 0 Å². The number of fused-ring (bicyclic) bond motifs is 1. The highest BCUT2D eigenvalue weighted by Gasteiger charge is 2.31. The first kappa shape index (κ1) is 23.9. The third kappa shape index (κ3) is 4.53. The number of likely N-dealkylation sites (tertiary alicyclic amines) is 1. The number of rotatable bonds is 6. The van der Waals surface area contributed by atoms with Crippen LogP contribution in [0.2, 0.25) is 0 Å². The van der Waals surface area contributed by atoms with E-state index in [1.54, 1.807) is 6.20 Å². The first-order valence-corrected chi connectivity index (χ1v) is 13.7. The molecule has 1 fully saturated rings. The van der Waals surface area contributed by atoms with Crippen LogP contribution in [0.15, 0.2) is 89.8 Å². The zero-order valence-corrected chi connectivity index (χ0v) is 22.9. The Morgan fingerprint density at radius 1 is 0.897 bits per heavy atom. The third-order valence-electron chi connectivity index (χ3n) is 7.17. The second kappa shape index (κ2) is 9.83. The first-order valence-electron chi connectivity index (χ1n) is 12.9. The number of pyridine rings is 1. The molecule has 0 bridgehead atoms. The van der Waals surface area contributed by atoms with Crippen LogP contribution in [0.3, 0.4) is 0 Å². The lowest BCUT2D eigenvalue weighted by Crippen LogP contribution is -2.44. The smallest absolute Gasteiger partial charge is 0.235 e. The van der Waals surface area contributed by atoms with Crippen molar-refractivity contribution in [3.63, 3.8) is 0 Å². The van der Waals surface area contributed by atoms with Crippen LogP contribution in [-0.4, -0.2) is 52.5 Å². The van der Waals surface area contributed by atoms with Gasteiger partial charge in [0.2, 0.25) is 5.78 Å². The number of aromatic amines is 1. The molecule has 0 spiro atoms. The minimum absolute atomic E-state index is 0.333. The van der Waals surface area contributed by atoms with Crippen LogP contribution < -0.4 is 0 Å². The van der Waals surface area contributed by atoms with Crippen molar-refractivity contribution >= 4 is 21.7 Å². The van der Waals surface area contributed by atoms with Gasteiger partial charge in [0.1, 0.15) is 10.3 Å². The van der Waals surface area contributed by atoms with Gasteiger partial charge in [-0.25, -0.2) is 15.0 Å². The fraction of sp³-hybridized carbons (Fsp3) is 0.167. The van der Waals surface area contributed by atoms with Gasteiger partial charge in [0, 0.05) is 49.1 Å². The molecule has 4 aromatic heterocycles. The van der Waals surface area contributed by atoms with Gasteiger partial charge >= 0.3 is 0 Å². The van der Waals surface area contributed by atoms with E-state index in [9.17, 15) is 0 Å². The van der Waals surface area contributed by atoms with Gasteiger partial charge in [0.15, 0.2) is 11.6 Å². The summed E-state index contributed by atoms with van der Waals surface area (Å²) in [6, 6.07) is 24.9. The highest BCUT2D eigenvalue weighted by atomic mass is 79.9. The number of aromatic nitrogens is 7. The molecule has 0 saturated carbocycles. The number of halogens is 1. The average molecular weight is 577 g/mol. The lowest BCUT2D eigenvalue weighted by Gasteiger charge is -2.37. The van der Waals surface area contributed by atoms with Crippen molar-refractivity contribution in [3.05, 3.63) is 107 Å². The summed E-state index contributed by atoms with van der Waals surface area (Å²) in [5, 5.41) is 7.48. The zero-order chi connectivity index (χ0) is 26.3. The SMILES string of the molecule is Cc1nc2nc(-c3ccc(CN4CC(c5n[nH]c(-c6ccccn6)n5)C4)cc3)c(-c3ccccc3)cn2c1Br. The number of hydrogen-bond donors (Lipinski definition) is 1. The third-order valence-corrected chi connectivity index (χ3v) is 8.13. The lowest BCUT2D eigenvalue weighted by atomic mass is 9.97. The van der Waals surface area contributed by atoms with E-state index in [0.29, 0.717) is 11.7 Å². The fourth-order valence-corrected chi connectivity index (χ4v) is 5.42. The van der Waals surface area contributed by atoms with E-state index in [-0.39, 0.29) is 0 Å². The molecule has 1 saturated heterocycles. The van der Waals surface area contributed by atoms with Crippen molar-refractivity contribution in [2.45, 2.75) is 19.4 Å². The van der Waals surface area contributed by atoms with Gasteiger partial charge in [0.05, 0.1) is 11.4 Å². The van der Waals surface area contributed by atoms with Crippen LogP contribution in [0.4, 0.5) is 0 Å². The lowest BCUT2D eigenvalue weighted by molar-refractivity contribution is 0.135. The molecule has 0 aliphatic carbocycles. The predicted octanol–water partition coefficient (Wildman–Crippen LogP) is 5.91. The average Bonchev–Trinajstić information content (AvgIpc) is 3.55. The van der Waals surface area contributed by atoms with Crippen molar-refractivity contribution in [3.8, 4) is 33.9 Å². The summed E-state index contributed by atoms with van der Waals surface area (Å²) in [4.78, 5) is 21.1. The second-order valence-corrected chi connectivity index (χ2v) is 10.6. The standard InChI is InChI=1S/C30H25BrN8/c1-19-27(31)39-18-24(21-7-3-2-4-8-21)26(34-30(39)33-19)22-12-10-20(11-13-22)15-38-16-23(17-38)28-35-29(37-36-28)25-9-5-6-14-32-25/h2-14,18,23H,15-17H2,1H3,(H,35,36,37). The number of aryl methyl sites for hydroxylation is 1. The summed E-state index contributed by atoms with van der Waals surface area (Å²) in [5.74, 6) is 2.60. The summed E-state index contributed by atoms with van der Waals surface area (Å²) in [6.45, 7) is 4.74. The quantitative estimate of drug-likeness (QED) is 0.265. The minimum atomic E-state index is 0.333. The van der Waals surface area contributed by atoms with Crippen LogP contribution in [0, 0.1) is 6.92 Å². The monoisotopic (exact) mass is 576 g/mol. The molecule has 0 amide bonds. The number of benzene rings is 2. The molecule has 2 aromatic carbocycles. The Bertz CT molecular complexity index is 1750. The largest absolute Gasteiger partial charge is 0.298 e. The van der Waals surface area contributed by atoms with E-state index in [2.05, 4.69) is 101 Å². The van der Waals surface area contributed by atoms with E-state index in [1.807, 2.05) is 35.6 Å². The molecule has 7 rings (SSSR count). The zero-order valence-electron chi connectivity index (χ0n) is 21.3. The molecule has 8 nitrogen and oxygen atoms in total. The summed E-state index contributed by atoms with van der Waals surface area (Å²) < 4.78 is 2.93. The van der Waals surface area contributed by atoms with Crippen LogP contribution in [0.1, 0.15) is 23.0 Å². The summed E-state index contributed by atoms with van der Waals surface area (Å²) in [5.41, 5.74) is 7.18. The second-order valence-electron chi connectivity index (χ2n) is 9.87. The first-order chi connectivity index (χ1) is 19.1. The van der Waals surface area contributed by atoms with Gasteiger partial charge in [-0.2, -0.15) is 5.10 Å². The van der Waals surface area contributed by atoms with Gasteiger partial charge in [-0.05, 0) is 46.1 Å². The van der Waals surface area contributed by atoms with E-state index in [0.717, 1.165) is 69.7 Å². The number of hydrogen-bond acceptors (Lipinski definition) is 6. The number of H-pyrrole nitrogens is 1. The van der Waals surface area contributed by atoms with Gasteiger partial charge in [0.25, 0.3) is 0 Å². The molecule has 0 unspecified atom stereocenters. The summed E-state index contributed by atoms with van der Waals surface area (Å²) in [6.07, 6.45) is 3.88. The number of imidazole rings is 1. The van der Waals surface area contributed by atoms with Crippen molar-refractivity contribution in [2.75, 3.05) is 13.1 Å². The van der Waals surface area contributed by atoms with E-state index in [4.69, 9.17) is 4.98 Å². The molecule has 5 heterocycles. The molecule has 1 aliphatic rings. The molecule has 0 atom stereocenters. The molecule has 9 heteroatoms. The highest BCUT2D eigenvalue weighted by molar-refractivity contribution is 9.10. The maximum Gasteiger partial charge on any atom is 0.235 e. The van der Waals surface area contributed by atoms with Crippen molar-refractivity contribution in [2.24, 2.45) is 0 Å². The Labute approximate surface area is 234 Å². The van der Waals surface area contributed by atoms with Crippen molar-refractivity contribution < 1.29 is 0 Å². The molecular formula is C30H25BrN8. The number of nitrogens with zero attached hydrogens (tertiary/aromatic N) is 7. The highest BCUT2D eigenvalue weighted by Crippen LogP contribution is 2.33. The fourth-order valence-electron chi connectivity index (χ4n) is 5.07. The molecule has 1 N–H and O–H groups in total. The molecule has 0 radical (unpaired) electrons. The van der Waals surface area contributed by atoms with Gasteiger partial charge in [-0.3, -0.25) is 19.4 Å². The predicted molar refractivity (Wildman–Crippen MR) is 154 cm³/mol. The van der Waals surface area contributed by atoms with Gasteiger partial charge < -0.3 is 0 Å². The normalized spacial score (nSPS) is 14.1. The Balaban J connectivity index is 1.08. The topological polar surface area (TPSA) is 87.9 Å². The van der Waals surface area contributed by atoms with Crippen LogP contribution in [0.5, 0.6) is 0 Å². The van der Waals surface area contributed by atoms with E-state index in [1.165, 1.54) is 5.56 Å². The molecule has 39 heavy (non-hydrogen) atoms. The summed E-state index contributed by atoms with van der Waals surface area (Å²) >= 11 is 3.66. The van der Waals surface area contributed by atoms with E-state index < -0.39 is 0 Å². The Morgan fingerprint density at radius 2 is 1.69 bits per heavy atom. The maximum atomic E-state index is 4.98. The van der Waals surface area contributed by atoms with Crippen LogP contribution >= 0.6 is 15.9 Å². The summed E-state index contributed by atoms with van der Waals surface area (Å²) in [7, 11) is 0. The Morgan fingerprint density at radius 3 is 2.46 bits per heavy atom. The minimum Gasteiger partial charge on any atom is -0.298 e. The van der Waals surface area contributed by atoms with Crippen molar-refractivity contribution in [1.29, 1.82) is 0 Å². The number of nitrogens with one attached hydrogen (secondary N) is 1. The van der Waals surface area contributed by atoms with Crippen LogP contribution in [0.25, 0.3) is 39.7 Å². The Kier molecular flexibility index (Phi) is 6.02. The molecule has 1 aliphatic heterocycles. The maximum absolute atomic E-state index is 4.98. The molecule has 192 valence electrons. The molecular weight excluding hydrogens is 552 g/mol. The Hall–Kier alpha value is -4.21. The van der Waals surface area contributed by atoms with Gasteiger partial charge in [-0.1, -0.05) is 60.7 Å². The molecule has 6 aromatic rings. The van der Waals surface area contributed by atoms with E-state index >= 15 is 0 Å². The van der Waals surface area contributed by atoms with Crippen molar-refractivity contribution in [1.82, 2.24) is 39.4 Å².